The molecule has 0 saturated heterocycles. The Kier molecular flexibility index (Phi) is 11.6. The van der Waals surface area contributed by atoms with Crippen molar-refractivity contribution in [2.24, 2.45) is 15.4 Å². The van der Waals surface area contributed by atoms with Crippen LogP contribution in [0.1, 0.15) is 147 Å². The summed E-state index contributed by atoms with van der Waals surface area (Å²) in [5.74, 6) is 1.65. The molecule has 288 valence electrons. The predicted molar refractivity (Wildman–Crippen MR) is 228 cm³/mol. The zero-order valence-electron chi connectivity index (χ0n) is 33.9. The highest BCUT2D eigenvalue weighted by Gasteiger charge is 2.55. The van der Waals surface area contributed by atoms with E-state index in [2.05, 4.69) is 113 Å². The van der Waals surface area contributed by atoms with Crippen LogP contribution in [-0.4, -0.2) is 24.0 Å². The molecule has 4 aromatic rings. The molecular formula is C51H62N2O2. The fourth-order valence-electron chi connectivity index (χ4n) is 9.80. The minimum Gasteiger partial charge on any atom is -0.474 e. The summed E-state index contributed by atoms with van der Waals surface area (Å²) in [6.07, 6.45) is 17.2. The molecule has 0 N–H and O–H groups in total. The molecule has 0 radical (unpaired) electrons. The zero-order valence-corrected chi connectivity index (χ0v) is 33.9. The molecule has 0 unspecified atom stereocenters. The number of benzene rings is 4. The van der Waals surface area contributed by atoms with Crippen molar-refractivity contribution in [2.75, 3.05) is 0 Å². The fourth-order valence-corrected chi connectivity index (χ4v) is 9.80. The Morgan fingerprint density at radius 2 is 0.836 bits per heavy atom. The molecule has 4 aliphatic rings. The van der Waals surface area contributed by atoms with Gasteiger partial charge in [-0.3, -0.25) is 0 Å². The molecule has 55 heavy (non-hydrogen) atoms. The van der Waals surface area contributed by atoms with Crippen LogP contribution in [0.25, 0.3) is 0 Å². The van der Waals surface area contributed by atoms with Crippen molar-refractivity contribution in [2.45, 2.75) is 155 Å². The number of ether oxygens (including phenoxy) is 2. The van der Waals surface area contributed by atoms with E-state index >= 15 is 0 Å². The molecule has 4 atom stereocenters. The largest absolute Gasteiger partial charge is 0.474 e. The molecule has 0 bridgehead atoms. The van der Waals surface area contributed by atoms with Crippen LogP contribution in [0.3, 0.4) is 0 Å². The molecule has 0 aromatic heterocycles. The Morgan fingerprint density at radius 3 is 1.20 bits per heavy atom. The van der Waals surface area contributed by atoms with Gasteiger partial charge in [-0.2, -0.15) is 0 Å². The summed E-state index contributed by atoms with van der Waals surface area (Å²) < 4.78 is 14.5. The molecule has 2 aliphatic heterocycles. The van der Waals surface area contributed by atoms with Gasteiger partial charge in [0.05, 0.1) is 0 Å². The van der Waals surface area contributed by atoms with E-state index in [0.29, 0.717) is 0 Å². The van der Waals surface area contributed by atoms with Gasteiger partial charge in [-0.15, -0.1) is 0 Å². The Hall–Kier alpha value is -4.18. The number of nitrogens with zero attached hydrogens (tertiary/aromatic N) is 2. The number of aliphatic imine (C=N–C) groups is 2. The Morgan fingerprint density at radius 1 is 0.491 bits per heavy atom. The Bertz CT molecular complexity index is 1830. The molecule has 0 saturated carbocycles. The van der Waals surface area contributed by atoms with Gasteiger partial charge in [0.1, 0.15) is 29.7 Å². The minimum atomic E-state index is -0.685. The van der Waals surface area contributed by atoms with Gasteiger partial charge in [0.15, 0.2) is 0 Å². The van der Waals surface area contributed by atoms with Crippen LogP contribution in [0.2, 0.25) is 0 Å². The summed E-state index contributed by atoms with van der Waals surface area (Å²) >= 11 is 0. The van der Waals surface area contributed by atoms with E-state index in [9.17, 15) is 0 Å². The van der Waals surface area contributed by atoms with E-state index in [1.165, 1.54) is 107 Å². The first-order chi connectivity index (χ1) is 27.0. The van der Waals surface area contributed by atoms with E-state index < -0.39 is 5.41 Å². The summed E-state index contributed by atoms with van der Waals surface area (Å²) in [6, 6.07) is 32.5. The first-order valence-corrected chi connectivity index (χ1v) is 21.9. The summed E-state index contributed by atoms with van der Waals surface area (Å²) in [4.78, 5) is 11.3. The van der Waals surface area contributed by atoms with Crippen LogP contribution in [0.4, 0.5) is 0 Å². The second-order valence-corrected chi connectivity index (χ2v) is 17.0. The minimum absolute atomic E-state index is 0.000175. The molecule has 0 spiro atoms. The summed E-state index contributed by atoms with van der Waals surface area (Å²) in [5.41, 5.74) is 13.1. The SMILES string of the molecule is CCCCc1cc(CCCC)cc(CC(Cc2cc(CCCC)cc(CCCC)c2)(C2=N[C@H]3c4ccccc4C[C@H]3O2)C2=N[C@H]3c4ccccc4C[C@H]3O2)c1. The van der Waals surface area contributed by atoms with E-state index in [1.807, 2.05) is 0 Å². The van der Waals surface area contributed by atoms with Gasteiger partial charge in [0.2, 0.25) is 11.8 Å². The second kappa shape index (κ2) is 16.9. The van der Waals surface area contributed by atoms with E-state index in [1.54, 1.807) is 0 Å². The molecule has 4 nitrogen and oxygen atoms in total. The maximum absolute atomic E-state index is 7.25. The van der Waals surface area contributed by atoms with Gasteiger partial charge in [-0.25, -0.2) is 9.98 Å². The maximum Gasteiger partial charge on any atom is 0.201 e. The number of rotatable bonds is 18. The van der Waals surface area contributed by atoms with Crippen molar-refractivity contribution in [3.05, 3.63) is 141 Å². The van der Waals surface area contributed by atoms with E-state index in [-0.39, 0.29) is 24.3 Å². The lowest BCUT2D eigenvalue weighted by atomic mass is 9.74. The van der Waals surface area contributed by atoms with Crippen LogP contribution in [0.15, 0.2) is 94.9 Å². The van der Waals surface area contributed by atoms with Gasteiger partial charge >= 0.3 is 0 Å². The highest BCUT2D eigenvalue weighted by atomic mass is 16.5. The predicted octanol–water partition coefficient (Wildman–Crippen LogP) is 12.0. The topological polar surface area (TPSA) is 43.2 Å². The average Bonchev–Trinajstić information content (AvgIpc) is 3.97. The highest BCUT2D eigenvalue weighted by Crippen LogP contribution is 2.49. The normalized spacial score (nSPS) is 20.7. The van der Waals surface area contributed by atoms with Crippen molar-refractivity contribution in [1.29, 1.82) is 0 Å². The monoisotopic (exact) mass is 734 g/mol. The number of hydrogen-bond acceptors (Lipinski definition) is 4. The van der Waals surface area contributed by atoms with E-state index in [0.717, 1.165) is 63.2 Å². The number of hydrogen-bond donors (Lipinski definition) is 0. The number of aryl methyl sites for hydroxylation is 4. The third-order valence-corrected chi connectivity index (χ3v) is 12.7. The lowest BCUT2D eigenvalue weighted by Gasteiger charge is -2.34. The van der Waals surface area contributed by atoms with Gasteiger partial charge in [0, 0.05) is 12.8 Å². The standard InChI is InChI=1S/C51H62N2O2/c1-5-9-17-35-25-36(18-10-6-2)28-39(27-35)33-51(49-52-47-43-23-15-13-21-41(43)31-45(47)54-49,50-53-48-44-24-16-14-22-42(44)32-46(48)55-50)34-40-29-37(19-11-7-3)26-38(30-40)20-12-8-4/h13-16,21-30,45-48H,5-12,17-20,31-34H2,1-4H3/t45-,46-,47+,48+/m1/s1. The quantitative estimate of drug-likeness (QED) is 0.102. The second-order valence-electron chi connectivity index (χ2n) is 17.0. The average molecular weight is 735 g/mol. The van der Waals surface area contributed by atoms with Gasteiger partial charge in [-0.05, 0) is 120 Å². The van der Waals surface area contributed by atoms with Crippen molar-refractivity contribution in [1.82, 2.24) is 0 Å². The third-order valence-electron chi connectivity index (χ3n) is 12.7. The first kappa shape index (κ1) is 37.7. The summed E-state index contributed by atoms with van der Waals surface area (Å²) in [5, 5.41) is 0. The fraction of sp³-hybridized carbons (Fsp3) is 0.490. The number of fused-ring (bicyclic) bond motifs is 6. The molecule has 2 aliphatic carbocycles. The van der Waals surface area contributed by atoms with Crippen molar-refractivity contribution in [3.8, 4) is 0 Å². The van der Waals surface area contributed by atoms with Gasteiger partial charge in [-0.1, -0.05) is 138 Å². The molecule has 4 heteroatoms. The number of unbranched alkanes of at least 4 members (excludes halogenated alkanes) is 4. The first-order valence-electron chi connectivity index (χ1n) is 21.9. The smallest absolute Gasteiger partial charge is 0.201 e. The summed E-state index contributed by atoms with van der Waals surface area (Å²) in [7, 11) is 0. The molecule has 0 fully saturated rings. The van der Waals surface area contributed by atoms with Crippen molar-refractivity contribution in [3.63, 3.8) is 0 Å². The maximum atomic E-state index is 7.25. The molecule has 2 heterocycles. The molecular weight excluding hydrogens is 673 g/mol. The van der Waals surface area contributed by atoms with Crippen molar-refractivity contribution >= 4 is 11.8 Å². The lowest BCUT2D eigenvalue weighted by molar-refractivity contribution is 0.162. The van der Waals surface area contributed by atoms with Gasteiger partial charge in [0.25, 0.3) is 0 Å². The van der Waals surface area contributed by atoms with Gasteiger partial charge < -0.3 is 9.47 Å². The van der Waals surface area contributed by atoms with Crippen LogP contribution in [0, 0.1) is 5.41 Å². The molecule has 8 rings (SSSR count). The summed E-state index contributed by atoms with van der Waals surface area (Å²) in [6.45, 7) is 9.19. The van der Waals surface area contributed by atoms with Crippen LogP contribution in [-0.2, 0) is 60.8 Å². The highest BCUT2D eigenvalue weighted by molar-refractivity contribution is 6.07. The van der Waals surface area contributed by atoms with Crippen LogP contribution < -0.4 is 0 Å². The van der Waals surface area contributed by atoms with E-state index in [4.69, 9.17) is 19.5 Å². The lowest BCUT2D eigenvalue weighted by Crippen LogP contribution is -2.45. The molecule has 0 amide bonds. The van der Waals surface area contributed by atoms with Crippen molar-refractivity contribution < 1.29 is 9.47 Å². The van der Waals surface area contributed by atoms with Crippen LogP contribution in [0.5, 0.6) is 0 Å². The Labute approximate surface area is 330 Å². The third kappa shape index (κ3) is 7.94. The Balaban J connectivity index is 1.30. The molecule has 4 aromatic carbocycles. The zero-order chi connectivity index (χ0) is 37.8. The van der Waals surface area contributed by atoms with Crippen LogP contribution >= 0.6 is 0 Å².